The lowest BCUT2D eigenvalue weighted by molar-refractivity contribution is 0.0262. The Morgan fingerprint density at radius 2 is 1.71 bits per heavy atom. The Hall–Kier alpha value is -2.77. The average molecular weight is 476 g/mol. The van der Waals surface area contributed by atoms with E-state index in [0.717, 1.165) is 80.5 Å². The molecule has 0 spiro atoms. The van der Waals surface area contributed by atoms with Gasteiger partial charge < -0.3 is 20.1 Å². The molecule has 3 N–H and O–H groups in total. The predicted octanol–water partition coefficient (Wildman–Crippen LogP) is 4.82. The number of aromatic nitrogens is 2. The highest BCUT2D eigenvalue weighted by Gasteiger charge is 2.25. The van der Waals surface area contributed by atoms with Gasteiger partial charge in [-0.05, 0) is 48.2 Å². The highest BCUT2D eigenvalue weighted by atomic mass is 16.5. The van der Waals surface area contributed by atoms with Gasteiger partial charge in [-0.15, -0.1) is 0 Å². The van der Waals surface area contributed by atoms with Crippen molar-refractivity contribution in [2.75, 3.05) is 50.0 Å². The summed E-state index contributed by atoms with van der Waals surface area (Å²) in [5.41, 5.74) is 10.7. The van der Waals surface area contributed by atoms with E-state index in [4.69, 9.17) is 15.2 Å². The van der Waals surface area contributed by atoms with Gasteiger partial charge in [-0.25, -0.2) is 0 Å². The number of aromatic amines is 1. The predicted molar refractivity (Wildman–Crippen MR) is 141 cm³/mol. The molecule has 1 aromatic heterocycles. The van der Waals surface area contributed by atoms with Crippen molar-refractivity contribution in [3.63, 3.8) is 0 Å². The molecule has 0 atom stereocenters. The van der Waals surface area contributed by atoms with Crippen LogP contribution in [0.2, 0.25) is 0 Å². The third kappa shape index (κ3) is 4.84. The molecular formula is C28H37N5O2. The Kier molecular flexibility index (Phi) is 6.53. The van der Waals surface area contributed by atoms with Crippen LogP contribution in [0.1, 0.15) is 44.9 Å². The van der Waals surface area contributed by atoms with Gasteiger partial charge in [-0.2, -0.15) is 5.10 Å². The van der Waals surface area contributed by atoms with Crippen molar-refractivity contribution in [3.05, 3.63) is 36.4 Å². The molecule has 35 heavy (non-hydrogen) atoms. The third-order valence-corrected chi connectivity index (χ3v) is 8.07. The molecule has 3 aliphatic rings. The Morgan fingerprint density at radius 1 is 0.914 bits per heavy atom. The van der Waals surface area contributed by atoms with Gasteiger partial charge in [0.1, 0.15) is 11.9 Å². The van der Waals surface area contributed by atoms with Crippen LogP contribution in [0.25, 0.3) is 22.0 Å². The average Bonchev–Trinajstić information content (AvgIpc) is 3.31. The highest BCUT2D eigenvalue weighted by Crippen LogP contribution is 2.37. The number of rotatable bonds is 5. The number of nitrogens with zero attached hydrogens (tertiary/aromatic N) is 3. The van der Waals surface area contributed by atoms with Crippen LogP contribution in [-0.4, -0.2) is 66.6 Å². The van der Waals surface area contributed by atoms with Gasteiger partial charge in [0.25, 0.3) is 0 Å². The van der Waals surface area contributed by atoms with Crippen molar-refractivity contribution >= 4 is 22.4 Å². The molecule has 6 rings (SSSR count). The van der Waals surface area contributed by atoms with Crippen LogP contribution in [-0.2, 0) is 4.74 Å². The monoisotopic (exact) mass is 475 g/mol. The Balaban J connectivity index is 1.22. The lowest BCUT2D eigenvalue weighted by Gasteiger charge is -2.41. The summed E-state index contributed by atoms with van der Waals surface area (Å²) in [6.07, 6.45) is 8.92. The van der Waals surface area contributed by atoms with Gasteiger partial charge in [0.2, 0.25) is 0 Å². The highest BCUT2D eigenvalue weighted by molar-refractivity contribution is 5.97. The zero-order valence-corrected chi connectivity index (χ0v) is 20.5. The zero-order valence-electron chi connectivity index (χ0n) is 20.5. The number of piperazine rings is 1. The van der Waals surface area contributed by atoms with E-state index in [1.807, 2.05) is 0 Å². The fourth-order valence-electron chi connectivity index (χ4n) is 6.05. The van der Waals surface area contributed by atoms with Gasteiger partial charge in [-0.3, -0.25) is 10.00 Å². The van der Waals surface area contributed by atoms with Crippen molar-refractivity contribution in [2.24, 2.45) is 0 Å². The molecule has 2 aromatic carbocycles. The molecule has 1 aliphatic carbocycles. The van der Waals surface area contributed by atoms with E-state index >= 15 is 0 Å². The van der Waals surface area contributed by atoms with Gasteiger partial charge >= 0.3 is 0 Å². The Bertz CT molecular complexity index is 1140. The lowest BCUT2D eigenvalue weighted by Crippen LogP contribution is -2.50. The molecule has 2 saturated heterocycles. The van der Waals surface area contributed by atoms with Crippen LogP contribution in [0.3, 0.4) is 0 Å². The largest absolute Gasteiger partial charge is 0.489 e. The maximum absolute atomic E-state index is 6.45. The second-order valence-electron chi connectivity index (χ2n) is 10.3. The maximum Gasteiger partial charge on any atom is 0.156 e. The van der Waals surface area contributed by atoms with Crippen LogP contribution in [0.5, 0.6) is 5.75 Å². The number of fused-ring (bicyclic) bond motifs is 1. The van der Waals surface area contributed by atoms with E-state index in [-0.39, 0.29) is 6.10 Å². The molecule has 0 unspecified atom stereocenters. The summed E-state index contributed by atoms with van der Waals surface area (Å²) in [5.74, 6) is 1.29. The summed E-state index contributed by atoms with van der Waals surface area (Å²) in [5, 5.41) is 8.22. The zero-order chi connectivity index (χ0) is 23.6. The number of nitrogen functional groups attached to an aromatic ring is 1. The smallest absolute Gasteiger partial charge is 0.156 e. The van der Waals surface area contributed by atoms with Gasteiger partial charge in [-0.1, -0.05) is 31.4 Å². The van der Waals surface area contributed by atoms with E-state index in [1.165, 1.54) is 43.4 Å². The second-order valence-corrected chi connectivity index (χ2v) is 10.3. The molecule has 3 aromatic rings. The number of nitrogens with one attached hydrogen (secondary N) is 1. The van der Waals surface area contributed by atoms with Gasteiger partial charge in [0.15, 0.2) is 5.82 Å². The first-order valence-electron chi connectivity index (χ1n) is 13.4. The molecule has 3 heterocycles. The summed E-state index contributed by atoms with van der Waals surface area (Å²) in [4.78, 5) is 5.27. The molecule has 7 heteroatoms. The van der Waals surface area contributed by atoms with Crippen LogP contribution < -0.4 is 15.4 Å². The quantitative estimate of drug-likeness (QED) is 0.551. The molecule has 186 valence electrons. The fourth-order valence-corrected chi connectivity index (χ4v) is 6.05. The van der Waals surface area contributed by atoms with Crippen molar-refractivity contribution in [2.45, 2.75) is 57.1 Å². The molecule has 0 bridgehead atoms. The molecule has 3 fully saturated rings. The summed E-state index contributed by atoms with van der Waals surface area (Å²) in [6.45, 7) is 5.99. The minimum absolute atomic E-state index is 0.142. The number of benzene rings is 2. The number of anilines is 2. The van der Waals surface area contributed by atoms with Crippen LogP contribution in [0, 0.1) is 0 Å². The minimum atomic E-state index is 0.142. The van der Waals surface area contributed by atoms with E-state index in [2.05, 4.69) is 56.4 Å². The summed E-state index contributed by atoms with van der Waals surface area (Å²) in [6, 6.07) is 14.0. The SMILES string of the molecule is Nc1n[nH]c2cc(-c3cccc(N4CCN(C5CCCCC5)CC4)c3)cc(OC3CCOCC3)c12. The number of hydrogen-bond acceptors (Lipinski definition) is 6. The second kappa shape index (κ2) is 10.1. The molecular weight excluding hydrogens is 438 g/mol. The standard InChI is InChI=1S/C28H37N5O2/c29-28-27-25(30-31-28)18-21(19-26(27)35-24-9-15-34-16-10-24)20-5-4-8-23(17-20)33-13-11-32(12-14-33)22-6-2-1-3-7-22/h4-5,8,17-19,22,24H,1-3,6-7,9-16H2,(H3,29,30,31). The summed E-state index contributed by atoms with van der Waals surface area (Å²) >= 11 is 0. The van der Waals surface area contributed by atoms with Crippen molar-refractivity contribution < 1.29 is 9.47 Å². The van der Waals surface area contributed by atoms with E-state index < -0.39 is 0 Å². The van der Waals surface area contributed by atoms with Crippen molar-refractivity contribution in [1.29, 1.82) is 0 Å². The molecule has 7 nitrogen and oxygen atoms in total. The van der Waals surface area contributed by atoms with E-state index in [9.17, 15) is 0 Å². The number of hydrogen-bond donors (Lipinski definition) is 2. The number of ether oxygens (including phenoxy) is 2. The maximum atomic E-state index is 6.45. The number of H-pyrrole nitrogens is 1. The molecule has 0 amide bonds. The van der Waals surface area contributed by atoms with E-state index in [1.54, 1.807) is 0 Å². The summed E-state index contributed by atoms with van der Waals surface area (Å²) < 4.78 is 12.0. The lowest BCUT2D eigenvalue weighted by atomic mass is 9.94. The number of nitrogens with two attached hydrogens (primary N) is 1. The first-order chi connectivity index (χ1) is 17.2. The molecule has 1 saturated carbocycles. The fraction of sp³-hybridized carbons (Fsp3) is 0.536. The van der Waals surface area contributed by atoms with Crippen LogP contribution >= 0.6 is 0 Å². The van der Waals surface area contributed by atoms with Crippen molar-refractivity contribution in [1.82, 2.24) is 15.1 Å². The molecule has 2 aliphatic heterocycles. The normalized spacial score (nSPS) is 21.0. The third-order valence-electron chi connectivity index (χ3n) is 8.07. The van der Waals surface area contributed by atoms with Gasteiger partial charge in [0.05, 0.1) is 24.1 Å². The minimum Gasteiger partial charge on any atom is -0.489 e. The Labute approximate surface area is 207 Å². The van der Waals surface area contributed by atoms with Crippen molar-refractivity contribution in [3.8, 4) is 16.9 Å². The van der Waals surface area contributed by atoms with E-state index in [0.29, 0.717) is 5.82 Å². The van der Waals surface area contributed by atoms with Gasteiger partial charge in [0, 0.05) is 50.7 Å². The first kappa shape index (κ1) is 22.7. The summed E-state index contributed by atoms with van der Waals surface area (Å²) in [7, 11) is 0. The van der Waals surface area contributed by atoms with Crippen LogP contribution in [0.4, 0.5) is 11.5 Å². The Morgan fingerprint density at radius 3 is 2.51 bits per heavy atom. The van der Waals surface area contributed by atoms with Crippen LogP contribution in [0.15, 0.2) is 36.4 Å². The topological polar surface area (TPSA) is 79.6 Å². The first-order valence-corrected chi connectivity index (χ1v) is 13.4. The molecule has 0 radical (unpaired) electrons.